The van der Waals surface area contributed by atoms with Gasteiger partial charge in [0, 0.05) is 24.4 Å². The maximum atomic E-state index is 14.3. The molecule has 0 radical (unpaired) electrons. The van der Waals surface area contributed by atoms with Crippen molar-refractivity contribution in [3.8, 4) is 0 Å². The van der Waals surface area contributed by atoms with Crippen molar-refractivity contribution in [2.24, 2.45) is 56.0 Å². The number of amides is 1. The van der Waals surface area contributed by atoms with Crippen LogP contribution >= 0.6 is 0 Å². The summed E-state index contributed by atoms with van der Waals surface area (Å²) in [7, 11) is 1.44. The monoisotopic (exact) mass is 498 g/mol. The Hall–Kier alpha value is -1.20. The van der Waals surface area contributed by atoms with Gasteiger partial charge in [-0.25, -0.2) is 5.06 Å². The van der Waals surface area contributed by atoms with Gasteiger partial charge in [0.2, 0.25) is 0 Å². The molecule has 5 aliphatic carbocycles. The second-order valence-corrected chi connectivity index (χ2v) is 15.5. The largest absolute Gasteiger partial charge is 0.327 e. The van der Waals surface area contributed by atoms with Crippen molar-refractivity contribution in [2.45, 2.75) is 112 Å². The quantitative estimate of drug-likeness (QED) is 0.336. The van der Waals surface area contributed by atoms with E-state index in [9.17, 15) is 14.8 Å². The Morgan fingerprint density at radius 2 is 1.61 bits per heavy atom. The number of allylic oxidation sites excluding steroid dienone is 2. The van der Waals surface area contributed by atoms with Crippen LogP contribution in [0.1, 0.15) is 106 Å². The van der Waals surface area contributed by atoms with Crippen LogP contribution in [0, 0.1) is 50.2 Å². The second kappa shape index (κ2) is 7.68. The smallest absolute Gasteiger partial charge is 0.251 e. The van der Waals surface area contributed by atoms with Gasteiger partial charge in [-0.05, 0) is 103 Å². The van der Waals surface area contributed by atoms with E-state index in [0.29, 0.717) is 18.1 Å². The maximum Gasteiger partial charge on any atom is 0.251 e. The van der Waals surface area contributed by atoms with Gasteiger partial charge in [-0.2, -0.15) is 0 Å². The lowest BCUT2D eigenvalue weighted by molar-refractivity contribution is -0.190. The number of nitrogens with zero attached hydrogens (tertiary/aromatic N) is 1. The second-order valence-electron chi connectivity index (χ2n) is 15.5. The number of hydrogen-bond donors (Lipinski definition) is 2. The van der Waals surface area contributed by atoms with E-state index in [1.165, 1.54) is 12.6 Å². The molecule has 1 amide bonds. The SMILES string of the molecule is CN(O)C(=O)[C@@]1(C)CC[C@]2(C)CC[C@]3(C)C(=CC(=O)[C@@H]4[C@@]5(C)CC[C@@H](N)C(C)(C)C5CC[C@]43C)[C@H]2C1. The molecule has 5 heteroatoms. The number of carbonyl (C=O) groups is 2. The highest BCUT2D eigenvalue weighted by molar-refractivity contribution is 5.95. The molecule has 0 bridgehead atoms. The van der Waals surface area contributed by atoms with E-state index in [1.54, 1.807) is 0 Å². The standard InChI is InChI=1S/C31H50N2O3/c1-26(2)22-9-12-31(7)24(29(22,5)11-10-23(26)32)21(34)17-19-20-18-28(4,25(35)33(8)36)14-13-27(20,3)15-16-30(19,31)6/h17,20,22-24,36H,9-16,18,32H2,1-8H3/t20-,22?,23-,24-,27-,28+,29+,30-,31-/m1/s1. The molecule has 4 fully saturated rings. The van der Waals surface area contributed by atoms with Gasteiger partial charge in [0.05, 0.1) is 0 Å². The summed E-state index contributed by atoms with van der Waals surface area (Å²) >= 11 is 0. The molecular formula is C31H50N2O3. The zero-order chi connectivity index (χ0) is 26.7. The summed E-state index contributed by atoms with van der Waals surface area (Å²) in [6, 6.07) is 0.192. The Kier molecular flexibility index (Phi) is 5.64. The number of hydrogen-bond acceptors (Lipinski definition) is 4. The molecule has 9 atom stereocenters. The van der Waals surface area contributed by atoms with Crippen molar-refractivity contribution in [2.75, 3.05) is 7.05 Å². The highest BCUT2D eigenvalue weighted by Crippen LogP contribution is 2.75. The lowest BCUT2D eigenvalue weighted by Gasteiger charge is -2.70. The summed E-state index contributed by atoms with van der Waals surface area (Å²) in [5.41, 5.74) is 7.33. The number of carbonyl (C=O) groups excluding carboxylic acids is 2. The van der Waals surface area contributed by atoms with E-state index in [0.717, 1.165) is 56.4 Å². The van der Waals surface area contributed by atoms with Gasteiger partial charge in [0.15, 0.2) is 5.78 Å². The molecule has 0 aromatic carbocycles. The number of nitrogens with two attached hydrogens (primary N) is 1. The molecule has 36 heavy (non-hydrogen) atoms. The van der Waals surface area contributed by atoms with Crippen LogP contribution in [0.5, 0.6) is 0 Å². The van der Waals surface area contributed by atoms with Crippen LogP contribution < -0.4 is 5.73 Å². The summed E-state index contributed by atoms with van der Waals surface area (Å²) < 4.78 is 0. The van der Waals surface area contributed by atoms with Crippen molar-refractivity contribution in [1.82, 2.24) is 5.06 Å². The molecule has 0 spiro atoms. The van der Waals surface area contributed by atoms with Crippen molar-refractivity contribution in [3.05, 3.63) is 11.6 Å². The van der Waals surface area contributed by atoms with Gasteiger partial charge in [0.1, 0.15) is 0 Å². The van der Waals surface area contributed by atoms with Gasteiger partial charge >= 0.3 is 0 Å². The molecule has 3 N–H and O–H groups in total. The fraction of sp³-hybridized carbons (Fsp3) is 0.871. The molecule has 202 valence electrons. The van der Waals surface area contributed by atoms with Crippen molar-refractivity contribution < 1.29 is 14.8 Å². The topological polar surface area (TPSA) is 83.6 Å². The van der Waals surface area contributed by atoms with E-state index >= 15 is 0 Å². The predicted octanol–water partition coefficient (Wildman–Crippen LogP) is 6.14. The third kappa shape index (κ3) is 3.14. The average molecular weight is 499 g/mol. The molecule has 5 rings (SSSR count). The lowest BCUT2D eigenvalue weighted by Crippen LogP contribution is -2.67. The molecule has 4 saturated carbocycles. The van der Waals surface area contributed by atoms with Crippen LogP contribution in [-0.2, 0) is 9.59 Å². The van der Waals surface area contributed by atoms with E-state index < -0.39 is 5.41 Å². The Labute approximate surface area is 218 Å². The zero-order valence-electron chi connectivity index (χ0n) is 24.0. The first-order chi connectivity index (χ1) is 16.5. The van der Waals surface area contributed by atoms with Crippen molar-refractivity contribution in [1.29, 1.82) is 0 Å². The lowest BCUT2D eigenvalue weighted by atomic mass is 9.33. The molecule has 0 saturated heterocycles. The highest BCUT2D eigenvalue weighted by atomic mass is 16.5. The van der Waals surface area contributed by atoms with Crippen LogP contribution in [0.25, 0.3) is 0 Å². The summed E-state index contributed by atoms with van der Waals surface area (Å²) in [4.78, 5) is 27.4. The van der Waals surface area contributed by atoms with Crippen LogP contribution in [0.15, 0.2) is 11.6 Å². The van der Waals surface area contributed by atoms with Gasteiger partial charge in [0.25, 0.3) is 5.91 Å². The Morgan fingerprint density at radius 1 is 0.972 bits per heavy atom. The molecule has 0 aromatic rings. The minimum absolute atomic E-state index is 0.0220. The molecule has 5 nitrogen and oxygen atoms in total. The number of ketones is 1. The van der Waals surface area contributed by atoms with Gasteiger partial charge in [-0.3, -0.25) is 14.8 Å². The van der Waals surface area contributed by atoms with E-state index in [2.05, 4.69) is 47.6 Å². The average Bonchev–Trinajstić information content (AvgIpc) is 2.78. The molecule has 1 unspecified atom stereocenters. The fourth-order valence-corrected chi connectivity index (χ4v) is 10.8. The first-order valence-electron chi connectivity index (χ1n) is 14.4. The zero-order valence-corrected chi connectivity index (χ0v) is 24.0. The normalized spacial score (nSPS) is 51.7. The predicted molar refractivity (Wildman–Crippen MR) is 142 cm³/mol. The Bertz CT molecular complexity index is 1020. The maximum absolute atomic E-state index is 14.3. The summed E-state index contributed by atoms with van der Waals surface area (Å²) in [5.74, 6) is 0.804. The minimum Gasteiger partial charge on any atom is -0.327 e. The van der Waals surface area contributed by atoms with Gasteiger partial charge in [-0.15, -0.1) is 0 Å². The van der Waals surface area contributed by atoms with E-state index in [-0.39, 0.29) is 50.9 Å². The summed E-state index contributed by atoms with van der Waals surface area (Å²) in [6.45, 7) is 16.4. The van der Waals surface area contributed by atoms with Crippen LogP contribution in [0.4, 0.5) is 0 Å². The van der Waals surface area contributed by atoms with E-state index in [4.69, 9.17) is 5.73 Å². The molecule has 0 aromatic heterocycles. The fourth-order valence-electron chi connectivity index (χ4n) is 10.8. The highest BCUT2D eigenvalue weighted by Gasteiger charge is 2.70. The Balaban J connectivity index is 1.60. The molecule has 5 aliphatic rings. The number of rotatable bonds is 1. The first-order valence-corrected chi connectivity index (χ1v) is 14.4. The molecular weight excluding hydrogens is 448 g/mol. The minimum atomic E-state index is -0.596. The van der Waals surface area contributed by atoms with Crippen molar-refractivity contribution >= 4 is 11.7 Å². The van der Waals surface area contributed by atoms with Crippen LogP contribution in [-0.4, -0.2) is 35.1 Å². The molecule has 0 aliphatic heterocycles. The van der Waals surface area contributed by atoms with Crippen molar-refractivity contribution in [3.63, 3.8) is 0 Å². The first kappa shape index (κ1) is 26.4. The number of fused-ring (bicyclic) bond motifs is 7. The van der Waals surface area contributed by atoms with Gasteiger partial charge in [-0.1, -0.05) is 54.0 Å². The van der Waals surface area contributed by atoms with Gasteiger partial charge < -0.3 is 5.73 Å². The van der Waals surface area contributed by atoms with Crippen LogP contribution in [0.3, 0.4) is 0 Å². The number of hydroxylamine groups is 2. The van der Waals surface area contributed by atoms with E-state index in [1.807, 2.05) is 6.92 Å². The summed E-state index contributed by atoms with van der Waals surface area (Å²) in [5, 5.41) is 10.8. The third-order valence-corrected chi connectivity index (χ3v) is 13.5. The Morgan fingerprint density at radius 3 is 2.25 bits per heavy atom. The third-order valence-electron chi connectivity index (χ3n) is 13.5. The van der Waals surface area contributed by atoms with Crippen LogP contribution in [0.2, 0.25) is 0 Å². The summed E-state index contributed by atoms with van der Waals surface area (Å²) in [6.07, 6.45) is 11.0. The molecule has 0 heterocycles.